The lowest BCUT2D eigenvalue weighted by Crippen LogP contribution is -2.11. The van der Waals surface area contributed by atoms with E-state index in [2.05, 4.69) is 0 Å². The van der Waals surface area contributed by atoms with Crippen molar-refractivity contribution >= 4 is 21.4 Å². The Morgan fingerprint density at radius 3 is 2.11 bits per heavy atom. The summed E-state index contributed by atoms with van der Waals surface area (Å²) in [4.78, 5) is 4.85. The van der Waals surface area contributed by atoms with Crippen LogP contribution >= 0.6 is 11.3 Å². The third kappa shape index (κ3) is 3.83. The van der Waals surface area contributed by atoms with E-state index in [0.29, 0.717) is 0 Å². The van der Waals surface area contributed by atoms with Crippen molar-refractivity contribution in [3.63, 3.8) is 0 Å². The third-order valence-corrected chi connectivity index (χ3v) is 5.98. The maximum Gasteiger partial charge on any atom is 0.238 e. The van der Waals surface area contributed by atoms with Crippen LogP contribution in [-0.4, -0.2) is 13.4 Å². The molecule has 1 heterocycles. The first-order valence-electron chi connectivity index (χ1n) is 8.25. The van der Waals surface area contributed by atoms with Crippen LogP contribution in [0.5, 0.6) is 0 Å². The van der Waals surface area contributed by atoms with Crippen LogP contribution in [0, 0.1) is 0 Å². The Balaban J connectivity index is 1.71. The van der Waals surface area contributed by atoms with Crippen LogP contribution in [0.15, 0.2) is 89.1 Å². The highest BCUT2D eigenvalue weighted by Crippen LogP contribution is 2.31. The number of hydrogen-bond donors (Lipinski definition) is 1. The molecule has 0 amide bonds. The molecular formula is C21H16N2O2S2. The monoisotopic (exact) mass is 392 g/mol. The van der Waals surface area contributed by atoms with Crippen molar-refractivity contribution in [2.45, 2.75) is 4.90 Å². The van der Waals surface area contributed by atoms with E-state index in [-0.39, 0.29) is 4.90 Å². The molecule has 4 aromatic rings. The van der Waals surface area contributed by atoms with Gasteiger partial charge < -0.3 is 0 Å². The Morgan fingerprint density at radius 2 is 1.37 bits per heavy atom. The van der Waals surface area contributed by atoms with Gasteiger partial charge in [0, 0.05) is 16.5 Å². The lowest BCUT2D eigenvalue weighted by atomic mass is 10.0. The summed E-state index contributed by atoms with van der Waals surface area (Å²) in [5.74, 6) is 0. The molecule has 134 valence electrons. The molecule has 6 heteroatoms. The Morgan fingerprint density at radius 1 is 0.741 bits per heavy atom. The van der Waals surface area contributed by atoms with Crippen molar-refractivity contribution in [2.24, 2.45) is 5.14 Å². The molecule has 0 spiro atoms. The first-order chi connectivity index (χ1) is 13.0. The Bertz CT molecular complexity index is 1200. The molecule has 1 aromatic heterocycles. The normalized spacial score (nSPS) is 11.4. The third-order valence-electron chi connectivity index (χ3n) is 4.18. The number of nitrogens with zero attached hydrogens (tertiary/aromatic N) is 1. The predicted octanol–water partition coefficient (Wildman–Crippen LogP) is 4.79. The predicted molar refractivity (Wildman–Crippen MR) is 110 cm³/mol. The molecule has 3 aromatic carbocycles. The van der Waals surface area contributed by atoms with Gasteiger partial charge in [-0.15, -0.1) is 11.3 Å². The highest BCUT2D eigenvalue weighted by Gasteiger charge is 2.11. The quantitative estimate of drug-likeness (QED) is 0.543. The lowest BCUT2D eigenvalue weighted by molar-refractivity contribution is 0.598. The van der Waals surface area contributed by atoms with Crippen LogP contribution in [0.25, 0.3) is 33.0 Å². The van der Waals surface area contributed by atoms with E-state index >= 15 is 0 Å². The van der Waals surface area contributed by atoms with E-state index in [4.69, 9.17) is 10.1 Å². The van der Waals surface area contributed by atoms with Crippen LogP contribution in [-0.2, 0) is 10.0 Å². The summed E-state index contributed by atoms with van der Waals surface area (Å²) in [7, 11) is -3.73. The molecule has 0 unspecified atom stereocenters. The second kappa shape index (κ2) is 7.08. The van der Waals surface area contributed by atoms with Gasteiger partial charge in [-0.1, -0.05) is 60.7 Å². The fourth-order valence-electron chi connectivity index (χ4n) is 2.83. The maximum atomic E-state index is 11.6. The molecule has 0 aliphatic heterocycles. The SMILES string of the molecule is NS(=O)(=O)c1cccc(-c2cccc(-c3csc(-c4ccccc4)n3)c2)c1. The lowest BCUT2D eigenvalue weighted by Gasteiger charge is -2.06. The summed E-state index contributed by atoms with van der Waals surface area (Å²) < 4.78 is 23.2. The number of primary sulfonamides is 1. The minimum Gasteiger partial charge on any atom is -0.236 e. The molecular weight excluding hydrogens is 376 g/mol. The molecule has 0 saturated carbocycles. The maximum absolute atomic E-state index is 11.6. The van der Waals surface area contributed by atoms with E-state index < -0.39 is 10.0 Å². The molecule has 0 atom stereocenters. The van der Waals surface area contributed by atoms with Gasteiger partial charge in [0.15, 0.2) is 0 Å². The van der Waals surface area contributed by atoms with Gasteiger partial charge in [-0.05, 0) is 29.3 Å². The van der Waals surface area contributed by atoms with E-state index in [1.165, 1.54) is 6.07 Å². The Labute approximate surface area is 162 Å². The molecule has 4 rings (SSSR count). The number of thiazole rings is 1. The van der Waals surface area contributed by atoms with E-state index in [1.54, 1.807) is 23.5 Å². The van der Waals surface area contributed by atoms with Gasteiger partial charge in [-0.2, -0.15) is 0 Å². The second-order valence-corrected chi connectivity index (χ2v) is 8.48. The number of hydrogen-bond acceptors (Lipinski definition) is 4. The smallest absolute Gasteiger partial charge is 0.236 e. The van der Waals surface area contributed by atoms with Crippen molar-refractivity contribution in [2.75, 3.05) is 0 Å². The summed E-state index contributed by atoms with van der Waals surface area (Å²) in [5, 5.41) is 8.24. The molecule has 0 bridgehead atoms. The van der Waals surface area contributed by atoms with Crippen molar-refractivity contribution < 1.29 is 8.42 Å². The van der Waals surface area contributed by atoms with Gasteiger partial charge in [-0.25, -0.2) is 18.5 Å². The zero-order chi connectivity index (χ0) is 18.9. The Kier molecular flexibility index (Phi) is 4.61. The Hall–Kier alpha value is -2.80. The average Bonchev–Trinajstić information content (AvgIpc) is 3.19. The average molecular weight is 393 g/mol. The summed E-state index contributed by atoms with van der Waals surface area (Å²) in [6.45, 7) is 0. The number of aromatic nitrogens is 1. The summed E-state index contributed by atoms with van der Waals surface area (Å²) in [6.07, 6.45) is 0. The molecule has 0 radical (unpaired) electrons. The standard InChI is InChI=1S/C21H16N2O2S2/c22-27(24,25)19-11-5-9-17(13-19)16-8-4-10-18(12-16)20-14-26-21(23-20)15-6-2-1-3-7-15/h1-14H,(H2,22,24,25). The number of nitrogens with two attached hydrogens (primary N) is 1. The fraction of sp³-hybridized carbons (Fsp3) is 0. The molecule has 4 nitrogen and oxygen atoms in total. The molecule has 0 fully saturated rings. The zero-order valence-electron chi connectivity index (χ0n) is 14.2. The van der Waals surface area contributed by atoms with Crippen molar-refractivity contribution in [3.8, 4) is 33.0 Å². The van der Waals surface area contributed by atoms with Crippen molar-refractivity contribution in [1.82, 2.24) is 4.98 Å². The van der Waals surface area contributed by atoms with Gasteiger partial charge in [0.25, 0.3) is 0 Å². The van der Waals surface area contributed by atoms with Crippen LogP contribution in [0.4, 0.5) is 0 Å². The van der Waals surface area contributed by atoms with Crippen LogP contribution < -0.4 is 5.14 Å². The van der Waals surface area contributed by atoms with E-state index in [0.717, 1.165) is 33.0 Å². The molecule has 27 heavy (non-hydrogen) atoms. The van der Waals surface area contributed by atoms with Gasteiger partial charge in [0.2, 0.25) is 10.0 Å². The summed E-state index contributed by atoms with van der Waals surface area (Å²) in [6, 6.07) is 24.6. The van der Waals surface area contributed by atoms with Gasteiger partial charge >= 0.3 is 0 Å². The van der Waals surface area contributed by atoms with E-state index in [1.807, 2.05) is 66.0 Å². The zero-order valence-corrected chi connectivity index (χ0v) is 15.9. The topological polar surface area (TPSA) is 73.1 Å². The minimum atomic E-state index is -3.73. The fourth-order valence-corrected chi connectivity index (χ4v) is 4.23. The van der Waals surface area contributed by atoms with Crippen molar-refractivity contribution in [3.05, 3.63) is 84.2 Å². The molecule has 0 aliphatic rings. The van der Waals surface area contributed by atoms with Gasteiger partial charge in [0.1, 0.15) is 5.01 Å². The van der Waals surface area contributed by atoms with E-state index in [9.17, 15) is 8.42 Å². The van der Waals surface area contributed by atoms with Gasteiger partial charge in [0.05, 0.1) is 10.6 Å². The number of benzene rings is 3. The second-order valence-electron chi connectivity index (χ2n) is 6.06. The molecule has 0 saturated heterocycles. The summed E-state index contributed by atoms with van der Waals surface area (Å²) in [5.41, 5.74) is 4.66. The highest BCUT2D eigenvalue weighted by molar-refractivity contribution is 7.89. The molecule has 2 N–H and O–H groups in total. The minimum absolute atomic E-state index is 0.102. The van der Waals surface area contributed by atoms with Crippen LogP contribution in [0.3, 0.4) is 0 Å². The number of sulfonamides is 1. The highest BCUT2D eigenvalue weighted by atomic mass is 32.2. The van der Waals surface area contributed by atoms with Crippen molar-refractivity contribution in [1.29, 1.82) is 0 Å². The van der Waals surface area contributed by atoms with Gasteiger partial charge in [-0.3, -0.25) is 0 Å². The van der Waals surface area contributed by atoms with Crippen LogP contribution in [0.1, 0.15) is 0 Å². The largest absolute Gasteiger partial charge is 0.238 e. The van der Waals surface area contributed by atoms with Crippen LogP contribution in [0.2, 0.25) is 0 Å². The first-order valence-corrected chi connectivity index (χ1v) is 10.7. The number of rotatable bonds is 4. The summed E-state index contributed by atoms with van der Waals surface area (Å²) >= 11 is 1.60. The first kappa shape index (κ1) is 17.6. The molecule has 0 aliphatic carbocycles.